The van der Waals surface area contributed by atoms with Crippen LogP contribution < -0.4 is 4.90 Å². The van der Waals surface area contributed by atoms with Gasteiger partial charge in [-0.15, -0.1) is 0 Å². The van der Waals surface area contributed by atoms with Crippen LogP contribution in [0.15, 0.2) is 35.9 Å². The SMILES string of the molecule is CCN(C(=O)C(CSCCC(F)(F)F)=NOCCOC)c1cn(-c2cccnc2)nc1Cl. The molecular weight excluding hydrogens is 471 g/mol. The van der Waals surface area contributed by atoms with E-state index in [0.717, 1.165) is 11.8 Å². The standard InChI is InChI=1S/C19H23ClF3N5O3S/c1-3-27(16-12-28(25-17(16)20)14-5-4-7-24-11-14)18(29)15(26-31-9-8-30-2)13-32-10-6-19(21,22)23/h4-5,7,11-12H,3,6,8-10,13H2,1-2H3. The number of hydrogen-bond acceptors (Lipinski definition) is 7. The summed E-state index contributed by atoms with van der Waals surface area (Å²) in [6, 6.07) is 3.50. The number of carbonyl (C=O) groups is 1. The Balaban J connectivity index is 2.20. The summed E-state index contributed by atoms with van der Waals surface area (Å²) in [6.07, 6.45) is -0.474. The second-order valence-electron chi connectivity index (χ2n) is 6.29. The molecule has 0 fully saturated rings. The van der Waals surface area contributed by atoms with Gasteiger partial charge in [0.1, 0.15) is 12.3 Å². The Morgan fingerprint density at radius 3 is 2.78 bits per heavy atom. The van der Waals surface area contributed by atoms with Gasteiger partial charge in [0.25, 0.3) is 5.91 Å². The molecule has 0 aliphatic carbocycles. The van der Waals surface area contributed by atoms with Gasteiger partial charge in [-0.05, 0) is 19.1 Å². The van der Waals surface area contributed by atoms with E-state index in [4.69, 9.17) is 21.2 Å². The van der Waals surface area contributed by atoms with Gasteiger partial charge in [-0.3, -0.25) is 9.78 Å². The quantitative estimate of drug-likeness (QED) is 0.253. The van der Waals surface area contributed by atoms with E-state index in [2.05, 4.69) is 15.2 Å². The fourth-order valence-corrected chi connectivity index (χ4v) is 3.58. The maximum Gasteiger partial charge on any atom is 0.389 e. The first-order chi connectivity index (χ1) is 15.3. The lowest BCUT2D eigenvalue weighted by Gasteiger charge is -2.20. The number of carbonyl (C=O) groups excluding carboxylic acids is 1. The number of nitrogens with zero attached hydrogens (tertiary/aromatic N) is 5. The number of oxime groups is 1. The predicted octanol–water partition coefficient (Wildman–Crippen LogP) is 3.98. The largest absolute Gasteiger partial charge is 0.393 e. The Hall–Kier alpha value is -2.31. The summed E-state index contributed by atoms with van der Waals surface area (Å²) in [7, 11) is 1.48. The van der Waals surface area contributed by atoms with Crippen molar-refractivity contribution in [1.82, 2.24) is 14.8 Å². The molecule has 0 saturated heterocycles. The molecule has 2 heterocycles. The van der Waals surface area contributed by atoms with Gasteiger partial charge in [0.2, 0.25) is 0 Å². The van der Waals surface area contributed by atoms with E-state index in [1.165, 1.54) is 16.7 Å². The molecule has 2 rings (SSSR count). The number of aromatic nitrogens is 3. The molecule has 176 valence electrons. The molecule has 8 nitrogen and oxygen atoms in total. The van der Waals surface area contributed by atoms with Gasteiger partial charge in [0, 0.05) is 31.4 Å². The second-order valence-corrected chi connectivity index (χ2v) is 7.76. The fourth-order valence-electron chi connectivity index (χ4n) is 2.45. The maximum atomic E-state index is 13.2. The Labute approximate surface area is 192 Å². The normalized spacial score (nSPS) is 12.1. The third kappa shape index (κ3) is 7.99. The lowest BCUT2D eigenvalue weighted by atomic mass is 10.3. The third-order valence-corrected chi connectivity index (χ3v) is 5.22. The molecule has 0 atom stereocenters. The van der Waals surface area contributed by atoms with Crippen LogP contribution in [-0.4, -0.2) is 70.9 Å². The topological polar surface area (TPSA) is 81.8 Å². The summed E-state index contributed by atoms with van der Waals surface area (Å²) in [5.41, 5.74) is 0.928. The molecule has 13 heteroatoms. The van der Waals surface area contributed by atoms with Crippen molar-refractivity contribution in [3.05, 3.63) is 35.9 Å². The van der Waals surface area contributed by atoms with Gasteiger partial charge in [-0.2, -0.15) is 30.0 Å². The smallest absolute Gasteiger partial charge is 0.389 e. The van der Waals surface area contributed by atoms with Crippen LogP contribution in [0.4, 0.5) is 18.9 Å². The molecule has 0 aliphatic rings. The van der Waals surface area contributed by atoms with Crippen molar-refractivity contribution in [2.75, 3.05) is 43.3 Å². The second kappa shape index (κ2) is 12.7. The van der Waals surface area contributed by atoms with Crippen molar-refractivity contribution >= 4 is 40.7 Å². The third-order valence-electron chi connectivity index (χ3n) is 3.98. The summed E-state index contributed by atoms with van der Waals surface area (Å²) in [4.78, 5) is 23.6. The van der Waals surface area contributed by atoms with Crippen LogP contribution in [0.1, 0.15) is 13.3 Å². The number of rotatable bonds is 12. The number of methoxy groups -OCH3 is 1. The molecule has 2 aromatic rings. The van der Waals surface area contributed by atoms with Crippen molar-refractivity contribution in [3.8, 4) is 5.69 Å². The number of hydrogen-bond donors (Lipinski definition) is 0. The Morgan fingerprint density at radius 2 is 2.16 bits per heavy atom. The lowest BCUT2D eigenvalue weighted by molar-refractivity contribution is -0.129. The molecule has 0 aliphatic heterocycles. The molecule has 0 saturated carbocycles. The molecule has 1 amide bonds. The summed E-state index contributed by atoms with van der Waals surface area (Å²) in [6.45, 7) is 2.29. The van der Waals surface area contributed by atoms with Crippen LogP contribution >= 0.6 is 23.4 Å². The Kier molecular flexibility index (Phi) is 10.3. The Bertz CT molecular complexity index is 896. The number of anilines is 1. The van der Waals surface area contributed by atoms with Gasteiger partial charge >= 0.3 is 6.18 Å². The minimum atomic E-state index is -4.27. The van der Waals surface area contributed by atoms with Gasteiger partial charge in [-0.1, -0.05) is 16.8 Å². The summed E-state index contributed by atoms with van der Waals surface area (Å²) in [5, 5.41) is 8.14. The van der Waals surface area contributed by atoms with E-state index in [1.54, 1.807) is 37.6 Å². The number of alkyl halides is 3. The monoisotopic (exact) mass is 493 g/mol. The average Bonchev–Trinajstić information content (AvgIpc) is 3.14. The van der Waals surface area contributed by atoms with Gasteiger partial charge < -0.3 is 14.5 Å². The van der Waals surface area contributed by atoms with Crippen molar-refractivity contribution in [1.29, 1.82) is 0 Å². The van der Waals surface area contributed by atoms with E-state index in [-0.39, 0.29) is 42.1 Å². The molecular formula is C19H23ClF3N5O3S. The number of pyridine rings is 1. The zero-order chi connectivity index (χ0) is 23.6. The van der Waals surface area contributed by atoms with Gasteiger partial charge in [0.05, 0.1) is 31.1 Å². The molecule has 0 bridgehead atoms. The highest BCUT2D eigenvalue weighted by Crippen LogP contribution is 2.27. The predicted molar refractivity (Wildman–Crippen MR) is 118 cm³/mol. The van der Waals surface area contributed by atoms with Crippen LogP contribution in [-0.2, 0) is 14.4 Å². The van der Waals surface area contributed by atoms with Crippen molar-refractivity contribution in [2.45, 2.75) is 19.5 Å². The summed E-state index contributed by atoms with van der Waals surface area (Å²) < 4.78 is 43.6. The summed E-state index contributed by atoms with van der Waals surface area (Å²) in [5.74, 6) is -0.816. The molecule has 32 heavy (non-hydrogen) atoms. The highest BCUT2D eigenvalue weighted by Gasteiger charge is 2.28. The van der Waals surface area contributed by atoms with Crippen LogP contribution in [0, 0.1) is 0 Å². The van der Waals surface area contributed by atoms with Crippen molar-refractivity contribution in [2.24, 2.45) is 5.16 Å². The number of thioether (sulfide) groups is 1. The Morgan fingerprint density at radius 1 is 1.38 bits per heavy atom. The minimum absolute atomic E-state index is 0.0414. The lowest BCUT2D eigenvalue weighted by Crippen LogP contribution is -2.38. The van der Waals surface area contributed by atoms with Crippen LogP contribution in [0.25, 0.3) is 5.69 Å². The first-order valence-corrected chi connectivity index (χ1v) is 11.1. The van der Waals surface area contributed by atoms with Crippen LogP contribution in [0.2, 0.25) is 5.15 Å². The zero-order valence-electron chi connectivity index (χ0n) is 17.5. The first kappa shape index (κ1) is 25.9. The van der Waals surface area contributed by atoms with Crippen molar-refractivity contribution < 1.29 is 27.5 Å². The van der Waals surface area contributed by atoms with E-state index < -0.39 is 18.5 Å². The van der Waals surface area contributed by atoms with Gasteiger partial charge in [0.15, 0.2) is 10.9 Å². The highest BCUT2D eigenvalue weighted by molar-refractivity contribution is 8.00. The number of amides is 1. The fraction of sp³-hybridized carbons (Fsp3) is 0.474. The van der Waals surface area contributed by atoms with E-state index >= 15 is 0 Å². The van der Waals surface area contributed by atoms with E-state index in [0.29, 0.717) is 11.4 Å². The molecule has 0 unspecified atom stereocenters. The molecule has 0 spiro atoms. The van der Waals surface area contributed by atoms with Gasteiger partial charge in [-0.25, -0.2) is 4.68 Å². The van der Waals surface area contributed by atoms with Crippen molar-refractivity contribution in [3.63, 3.8) is 0 Å². The maximum absolute atomic E-state index is 13.2. The van der Waals surface area contributed by atoms with E-state index in [9.17, 15) is 18.0 Å². The minimum Gasteiger partial charge on any atom is -0.393 e. The molecule has 0 N–H and O–H groups in total. The molecule has 2 aromatic heterocycles. The zero-order valence-corrected chi connectivity index (χ0v) is 19.1. The van der Waals surface area contributed by atoms with Crippen LogP contribution in [0.3, 0.4) is 0 Å². The van der Waals surface area contributed by atoms with E-state index in [1.807, 2.05) is 0 Å². The number of halogens is 4. The molecule has 0 radical (unpaired) electrons. The first-order valence-electron chi connectivity index (χ1n) is 9.56. The van der Waals surface area contributed by atoms with Crippen LogP contribution in [0.5, 0.6) is 0 Å². The summed E-state index contributed by atoms with van der Waals surface area (Å²) >= 11 is 7.21. The number of ether oxygens (including phenoxy) is 1. The molecule has 0 aromatic carbocycles. The average molecular weight is 494 g/mol. The highest BCUT2D eigenvalue weighted by atomic mass is 35.5.